The van der Waals surface area contributed by atoms with E-state index >= 15 is 0 Å². The Hall–Kier alpha value is -2.97. The first kappa shape index (κ1) is 19.8. The summed E-state index contributed by atoms with van der Waals surface area (Å²) in [6, 6.07) is 13.4. The van der Waals surface area contributed by atoms with Gasteiger partial charge >= 0.3 is 0 Å². The number of nitrogens with one attached hydrogen (secondary N) is 1. The fourth-order valence-corrected chi connectivity index (χ4v) is 2.97. The molecule has 1 N–H and O–H groups in total. The Kier molecular flexibility index (Phi) is 6.57. The zero-order valence-electron chi connectivity index (χ0n) is 15.8. The summed E-state index contributed by atoms with van der Waals surface area (Å²) in [5.74, 6) is 0.119. The molecule has 0 bridgehead atoms. The van der Waals surface area contributed by atoms with Crippen molar-refractivity contribution in [3.05, 3.63) is 64.2 Å². The standard InChI is InChI=1S/C20H24N4O4/c1-22-10-12-23(13-11-22)14-16-2-4-17(5-3-16)21-20(25)15-28-19-8-6-18(7-9-19)24(26)27/h2-9H,10-15H2,1H3,(H,21,25). The van der Waals surface area contributed by atoms with Crippen molar-refractivity contribution >= 4 is 17.3 Å². The van der Waals surface area contributed by atoms with Crippen molar-refractivity contribution in [2.24, 2.45) is 0 Å². The zero-order valence-corrected chi connectivity index (χ0v) is 15.8. The Labute approximate surface area is 163 Å². The van der Waals surface area contributed by atoms with Crippen LogP contribution in [-0.4, -0.2) is 60.5 Å². The number of anilines is 1. The number of hydrogen-bond donors (Lipinski definition) is 1. The topological polar surface area (TPSA) is 88.0 Å². The van der Waals surface area contributed by atoms with E-state index in [-0.39, 0.29) is 18.2 Å². The number of nitro groups is 1. The van der Waals surface area contributed by atoms with Gasteiger partial charge in [-0.15, -0.1) is 0 Å². The third-order valence-electron chi connectivity index (χ3n) is 4.66. The lowest BCUT2D eigenvalue weighted by Gasteiger charge is -2.32. The molecular formula is C20H24N4O4. The molecule has 0 spiro atoms. The van der Waals surface area contributed by atoms with Gasteiger partial charge in [0.1, 0.15) is 5.75 Å². The van der Waals surface area contributed by atoms with Crippen LogP contribution in [0.5, 0.6) is 5.75 Å². The number of carbonyl (C=O) groups excluding carboxylic acids is 1. The second kappa shape index (κ2) is 9.29. The highest BCUT2D eigenvalue weighted by Gasteiger charge is 2.14. The third-order valence-corrected chi connectivity index (χ3v) is 4.66. The van der Waals surface area contributed by atoms with E-state index in [9.17, 15) is 14.9 Å². The Bertz CT molecular complexity index is 800. The first-order valence-corrected chi connectivity index (χ1v) is 9.16. The predicted molar refractivity (Wildman–Crippen MR) is 106 cm³/mol. The van der Waals surface area contributed by atoms with Crippen LogP contribution in [0.4, 0.5) is 11.4 Å². The fourth-order valence-electron chi connectivity index (χ4n) is 2.97. The molecule has 0 aliphatic carbocycles. The highest BCUT2D eigenvalue weighted by Crippen LogP contribution is 2.17. The molecule has 1 saturated heterocycles. The summed E-state index contributed by atoms with van der Waals surface area (Å²) in [7, 11) is 2.14. The van der Waals surface area contributed by atoms with Crippen LogP contribution in [0, 0.1) is 10.1 Å². The molecule has 1 aliphatic rings. The molecule has 0 aromatic heterocycles. The monoisotopic (exact) mass is 384 g/mol. The number of piperazine rings is 1. The summed E-state index contributed by atoms with van der Waals surface area (Å²) in [4.78, 5) is 26.9. The number of non-ortho nitro benzene ring substituents is 1. The Morgan fingerprint density at radius 3 is 2.32 bits per heavy atom. The summed E-state index contributed by atoms with van der Waals surface area (Å²) < 4.78 is 5.36. The fraction of sp³-hybridized carbons (Fsp3) is 0.350. The van der Waals surface area contributed by atoms with E-state index in [0.29, 0.717) is 11.4 Å². The molecule has 1 fully saturated rings. The number of hydrogen-bond acceptors (Lipinski definition) is 6. The van der Waals surface area contributed by atoms with Crippen molar-refractivity contribution in [1.82, 2.24) is 9.80 Å². The number of benzene rings is 2. The van der Waals surface area contributed by atoms with Crippen molar-refractivity contribution in [1.29, 1.82) is 0 Å². The van der Waals surface area contributed by atoms with Crippen LogP contribution >= 0.6 is 0 Å². The molecule has 0 saturated carbocycles. The van der Waals surface area contributed by atoms with Crippen LogP contribution in [0.15, 0.2) is 48.5 Å². The lowest BCUT2D eigenvalue weighted by molar-refractivity contribution is -0.384. The second-order valence-corrected chi connectivity index (χ2v) is 6.86. The van der Waals surface area contributed by atoms with Gasteiger partial charge in [-0.2, -0.15) is 0 Å². The normalized spacial score (nSPS) is 15.2. The molecule has 3 rings (SSSR count). The number of nitrogens with zero attached hydrogens (tertiary/aromatic N) is 3. The van der Waals surface area contributed by atoms with Crippen molar-refractivity contribution in [2.45, 2.75) is 6.54 Å². The molecule has 1 aliphatic heterocycles. The molecule has 0 atom stereocenters. The Morgan fingerprint density at radius 2 is 1.71 bits per heavy atom. The minimum atomic E-state index is -0.482. The van der Waals surface area contributed by atoms with Crippen LogP contribution < -0.4 is 10.1 Å². The number of ether oxygens (including phenoxy) is 1. The van der Waals surface area contributed by atoms with E-state index in [0.717, 1.165) is 32.7 Å². The first-order valence-electron chi connectivity index (χ1n) is 9.16. The zero-order chi connectivity index (χ0) is 19.9. The molecular weight excluding hydrogens is 360 g/mol. The van der Waals surface area contributed by atoms with Crippen LogP contribution in [0.2, 0.25) is 0 Å². The smallest absolute Gasteiger partial charge is 0.269 e. The average molecular weight is 384 g/mol. The lowest BCUT2D eigenvalue weighted by atomic mass is 10.2. The van der Waals surface area contributed by atoms with Gasteiger partial charge in [-0.1, -0.05) is 12.1 Å². The molecule has 0 unspecified atom stereocenters. The van der Waals surface area contributed by atoms with Gasteiger partial charge < -0.3 is 15.0 Å². The molecule has 8 nitrogen and oxygen atoms in total. The molecule has 28 heavy (non-hydrogen) atoms. The minimum Gasteiger partial charge on any atom is -0.484 e. The second-order valence-electron chi connectivity index (χ2n) is 6.86. The average Bonchev–Trinajstić information content (AvgIpc) is 2.70. The van der Waals surface area contributed by atoms with Crippen molar-refractivity contribution in [3.63, 3.8) is 0 Å². The van der Waals surface area contributed by atoms with Gasteiger partial charge in [-0.25, -0.2) is 0 Å². The van der Waals surface area contributed by atoms with Gasteiger partial charge in [0.25, 0.3) is 11.6 Å². The van der Waals surface area contributed by atoms with E-state index in [4.69, 9.17) is 4.74 Å². The predicted octanol–water partition coefficient (Wildman–Crippen LogP) is 2.36. The van der Waals surface area contributed by atoms with Gasteiger partial charge in [0.15, 0.2) is 6.61 Å². The van der Waals surface area contributed by atoms with Crippen LogP contribution in [0.3, 0.4) is 0 Å². The Morgan fingerprint density at radius 1 is 1.07 bits per heavy atom. The van der Waals surface area contributed by atoms with Gasteiger partial charge in [0, 0.05) is 50.5 Å². The van der Waals surface area contributed by atoms with E-state index in [2.05, 4.69) is 22.2 Å². The van der Waals surface area contributed by atoms with E-state index in [1.54, 1.807) is 0 Å². The molecule has 2 aromatic rings. The van der Waals surface area contributed by atoms with Crippen molar-refractivity contribution in [2.75, 3.05) is 45.2 Å². The largest absolute Gasteiger partial charge is 0.484 e. The van der Waals surface area contributed by atoms with Gasteiger partial charge in [-0.3, -0.25) is 19.8 Å². The maximum atomic E-state index is 12.0. The first-order chi connectivity index (χ1) is 13.5. The summed E-state index contributed by atoms with van der Waals surface area (Å²) in [5.41, 5.74) is 1.90. The molecule has 8 heteroatoms. The van der Waals surface area contributed by atoms with Gasteiger partial charge in [0.2, 0.25) is 0 Å². The number of carbonyl (C=O) groups is 1. The number of rotatable bonds is 7. The quantitative estimate of drug-likeness (QED) is 0.582. The molecule has 1 heterocycles. The maximum absolute atomic E-state index is 12.0. The van der Waals surface area contributed by atoms with Gasteiger partial charge in [0.05, 0.1) is 4.92 Å². The molecule has 1 amide bonds. The van der Waals surface area contributed by atoms with Crippen molar-refractivity contribution in [3.8, 4) is 5.75 Å². The summed E-state index contributed by atoms with van der Waals surface area (Å²) in [6.45, 7) is 5.04. The van der Waals surface area contributed by atoms with Crippen molar-refractivity contribution < 1.29 is 14.5 Å². The summed E-state index contributed by atoms with van der Waals surface area (Å²) in [5, 5.41) is 13.4. The minimum absolute atomic E-state index is 0.0199. The van der Waals surface area contributed by atoms with Crippen LogP contribution in [0.1, 0.15) is 5.56 Å². The van der Waals surface area contributed by atoms with E-state index in [1.165, 1.54) is 29.8 Å². The molecule has 0 radical (unpaired) electrons. The lowest BCUT2D eigenvalue weighted by Crippen LogP contribution is -2.43. The number of nitro benzene ring substituents is 1. The summed E-state index contributed by atoms with van der Waals surface area (Å²) in [6.07, 6.45) is 0. The Balaban J connectivity index is 1.44. The number of likely N-dealkylation sites (N-methyl/N-ethyl adjacent to an activating group) is 1. The SMILES string of the molecule is CN1CCN(Cc2ccc(NC(=O)COc3ccc([N+](=O)[O-])cc3)cc2)CC1. The van der Waals surface area contributed by atoms with Gasteiger partial charge in [-0.05, 0) is 36.9 Å². The highest BCUT2D eigenvalue weighted by atomic mass is 16.6. The number of amides is 1. The molecule has 2 aromatic carbocycles. The van der Waals surface area contributed by atoms with Crippen LogP contribution in [-0.2, 0) is 11.3 Å². The third kappa shape index (κ3) is 5.77. The van der Waals surface area contributed by atoms with E-state index in [1.807, 2.05) is 24.3 Å². The molecule has 148 valence electrons. The van der Waals surface area contributed by atoms with E-state index < -0.39 is 4.92 Å². The van der Waals surface area contributed by atoms with Crippen LogP contribution in [0.25, 0.3) is 0 Å². The highest BCUT2D eigenvalue weighted by molar-refractivity contribution is 5.91. The maximum Gasteiger partial charge on any atom is 0.269 e. The summed E-state index contributed by atoms with van der Waals surface area (Å²) >= 11 is 0.